The lowest BCUT2D eigenvalue weighted by Crippen LogP contribution is -2.49. The molecule has 1 aromatic rings. The predicted octanol–water partition coefficient (Wildman–Crippen LogP) is 2.05. The fourth-order valence-corrected chi connectivity index (χ4v) is 1.72. The highest BCUT2D eigenvalue weighted by atomic mass is 35.5. The maximum Gasteiger partial charge on any atom is 0.272 e. The number of amides is 1. The number of hydrogen-bond acceptors (Lipinski definition) is 4. The highest BCUT2D eigenvalue weighted by Gasteiger charge is 2.27. The summed E-state index contributed by atoms with van der Waals surface area (Å²) in [5.41, 5.74) is 6.19. The first-order valence-electron chi connectivity index (χ1n) is 6.49. The van der Waals surface area contributed by atoms with E-state index in [9.17, 15) is 14.9 Å². The van der Waals surface area contributed by atoms with Gasteiger partial charge in [-0.05, 0) is 11.8 Å². The van der Waals surface area contributed by atoms with Crippen LogP contribution in [0.3, 0.4) is 0 Å². The third-order valence-corrected chi connectivity index (χ3v) is 3.10. The van der Waals surface area contributed by atoms with Crippen molar-refractivity contribution >= 4 is 24.0 Å². The molecule has 0 bridgehead atoms. The Morgan fingerprint density at radius 1 is 1.38 bits per heavy atom. The number of nitro groups is 1. The Morgan fingerprint density at radius 2 is 1.95 bits per heavy atom. The Labute approximate surface area is 130 Å². The fourth-order valence-electron chi connectivity index (χ4n) is 1.72. The monoisotopic (exact) mass is 315 g/mol. The molecule has 0 saturated carbocycles. The second-order valence-electron chi connectivity index (χ2n) is 5.77. The van der Waals surface area contributed by atoms with Crippen LogP contribution in [0.1, 0.15) is 26.3 Å². The molecule has 0 aliphatic heterocycles. The first-order valence-corrected chi connectivity index (χ1v) is 6.49. The molecule has 1 atom stereocenters. The van der Waals surface area contributed by atoms with Crippen LogP contribution in [-0.2, 0) is 11.2 Å². The van der Waals surface area contributed by atoms with Crippen LogP contribution in [0, 0.1) is 15.5 Å². The van der Waals surface area contributed by atoms with Gasteiger partial charge < -0.3 is 11.1 Å². The van der Waals surface area contributed by atoms with Crippen molar-refractivity contribution in [1.29, 1.82) is 0 Å². The molecule has 6 nitrogen and oxygen atoms in total. The van der Waals surface area contributed by atoms with Crippen molar-refractivity contribution in [2.45, 2.75) is 33.2 Å². The number of para-hydroxylation sites is 1. The summed E-state index contributed by atoms with van der Waals surface area (Å²) in [4.78, 5) is 22.3. The molecule has 1 aromatic carbocycles. The van der Waals surface area contributed by atoms with E-state index >= 15 is 0 Å². The zero-order valence-electron chi connectivity index (χ0n) is 12.5. The van der Waals surface area contributed by atoms with Gasteiger partial charge in [0.25, 0.3) is 5.69 Å². The predicted molar refractivity (Wildman–Crippen MR) is 84.5 cm³/mol. The average Bonchev–Trinajstić information content (AvgIpc) is 2.37. The largest absolute Gasteiger partial charge is 0.354 e. The summed E-state index contributed by atoms with van der Waals surface area (Å²) in [5.74, 6) is -0.240. The summed E-state index contributed by atoms with van der Waals surface area (Å²) < 4.78 is 0. The van der Waals surface area contributed by atoms with Gasteiger partial charge in [-0.2, -0.15) is 0 Å². The van der Waals surface area contributed by atoms with Crippen LogP contribution in [-0.4, -0.2) is 23.4 Å². The van der Waals surface area contributed by atoms with Crippen molar-refractivity contribution in [2.75, 3.05) is 6.54 Å². The molecule has 1 amide bonds. The van der Waals surface area contributed by atoms with Crippen molar-refractivity contribution in [3.8, 4) is 0 Å². The van der Waals surface area contributed by atoms with Crippen molar-refractivity contribution in [1.82, 2.24) is 5.32 Å². The van der Waals surface area contributed by atoms with Crippen LogP contribution >= 0.6 is 12.4 Å². The van der Waals surface area contributed by atoms with Gasteiger partial charge in [0.05, 0.1) is 11.0 Å². The number of carbonyl (C=O) groups excluding carboxylic acids is 1. The fraction of sp³-hybridized carbons (Fsp3) is 0.500. The van der Waals surface area contributed by atoms with Gasteiger partial charge >= 0.3 is 0 Å². The van der Waals surface area contributed by atoms with E-state index in [1.807, 2.05) is 20.8 Å². The molecule has 0 radical (unpaired) electrons. The minimum absolute atomic E-state index is 0. The maximum atomic E-state index is 11.8. The molecule has 0 unspecified atom stereocenters. The Balaban J connectivity index is 0.00000400. The molecule has 21 heavy (non-hydrogen) atoms. The van der Waals surface area contributed by atoms with Crippen molar-refractivity contribution in [2.24, 2.45) is 11.1 Å². The summed E-state index contributed by atoms with van der Waals surface area (Å²) in [6.45, 7) is 5.99. The standard InChI is InChI=1S/C14H21N3O3.ClH/c1-14(2,3)12(15)13(18)16-9-8-10-6-4-5-7-11(10)17(19)20;/h4-7,12H,8-9,15H2,1-3H3,(H,16,18);1H/t12-;/m1./s1. The Bertz CT molecular complexity index is 500. The average molecular weight is 316 g/mol. The van der Waals surface area contributed by atoms with Crippen molar-refractivity contribution < 1.29 is 9.72 Å². The van der Waals surface area contributed by atoms with Crippen LogP contribution in [0.2, 0.25) is 0 Å². The van der Waals surface area contributed by atoms with Gasteiger partial charge in [-0.25, -0.2) is 0 Å². The quantitative estimate of drug-likeness (QED) is 0.641. The van der Waals surface area contributed by atoms with E-state index in [0.29, 0.717) is 18.5 Å². The van der Waals surface area contributed by atoms with Crippen molar-refractivity contribution in [3.63, 3.8) is 0 Å². The number of nitrogens with two attached hydrogens (primary N) is 1. The molecule has 0 heterocycles. The molecule has 1 rings (SSSR count). The lowest BCUT2D eigenvalue weighted by atomic mass is 9.87. The molecule has 7 heteroatoms. The number of nitrogens with one attached hydrogen (secondary N) is 1. The zero-order valence-corrected chi connectivity index (χ0v) is 13.3. The normalized spacial score (nSPS) is 12.2. The van der Waals surface area contributed by atoms with E-state index in [4.69, 9.17) is 5.73 Å². The first-order chi connectivity index (χ1) is 9.23. The molecular weight excluding hydrogens is 294 g/mol. The topological polar surface area (TPSA) is 98.3 Å². The molecular formula is C14H22ClN3O3. The highest BCUT2D eigenvalue weighted by Crippen LogP contribution is 2.18. The van der Waals surface area contributed by atoms with E-state index in [0.717, 1.165) is 0 Å². The number of nitro benzene ring substituents is 1. The molecule has 0 aliphatic rings. The summed E-state index contributed by atoms with van der Waals surface area (Å²) in [5, 5.41) is 13.6. The Hall–Kier alpha value is -1.66. The molecule has 0 fully saturated rings. The number of benzene rings is 1. The van der Waals surface area contributed by atoms with E-state index < -0.39 is 11.0 Å². The number of rotatable bonds is 5. The third-order valence-electron chi connectivity index (χ3n) is 3.10. The van der Waals surface area contributed by atoms with Gasteiger partial charge in [0.2, 0.25) is 5.91 Å². The van der Waals surface area contributed by atoms with E-state index in [-0.39, 0.29) is 29.4 Å². The number of halogens is 1. The van der Waals surface area contributed by atoms with E-state index in [1.54, 1.807) is 18.2 Å². The smallest absolute Gasteiger partial charge is 0.272 e. The van der Waals surface area contributed by atoms with Gasteiger partial charge in [0.1, 0.15) is 0 Å². The second-order valence-corrected chi connectivity index (χ2v) is 5.77. The Morgan fingerprint density at radius 3 is 2.48 bits per heavy atom. The minimum atomic E-state index is -0.603. The second kappa shape index (κ2) is 7.95. The van der Waals surface area contributed by atoms with Crippen LogP contribution in [0.5, 0.6) is 0 Å². The third kappa shape index (κ3) is 5.69. The summed E-state index contributed by atoms with van der Waals surface area (Å²) in [6, 6.07) is 5.90. The van der Waals surface area contributed by atoms with Gasteiger partial charge in [-0.3, -0.25) is 14.9 Å². The molecule has 0 aliphatic carbocycles. The van der Waals surface area contributed by atoms with Gasteiger partial charge in [0.15, 0.2) is 0 Å². The number of hydrogen-bond donors (Lipinski definition) is 2. The van der Waals surface area contributed by atoms with Gasteiger partial charge in [-0.15, -0.1) is 12.4 Å². The lowest BCUT2D eigenvalue weighted by molar-refractivity contribution is -0.385. The molecule has 0 saturated heterocycles. The lowest BCUT2D eigenvalue weighted by Gasteiger charge is -2.25. The zero-order chi connectivity index (χ0) is 15.3. The molecule has 0 spiro atoms. The summed E-state index contributed by atoms with van der Waals surface area (Å²) in [6.07, 6.45) is 0.403. The number of nitrogens with zero attached hydrogens (tertiary/aromatic N) is 1. The minimum Gasteiger partial charge on any atom is -0.354 e. The van der Waals surface area contributed by atoms with Crippen molar-refractivity contribution in [3.05, 3.63) is 39.9 Å². The molecule has 118 valence electrons. The van der Waals surface area contributed by atoms with E-state index in [2.05, 4.69) is 5.32 Å². The maximum absolute atomic E-state index is 11.8. The van der Waals surface area contributed by atoms with Crippen LogP contribution < -0.4 is 11.1 Å². The number of carbonyl (C=O) groups is 1. The highest BCUT2D eigenvalue weighted by molar-refractivity contribution is 5.85. The molecule has 0 aromatic heterocycles. The van der Waals surface area contributed by atoms with Crippen LogP contribution in [0.15, 0.2) is 24.3 Å². The summed E-state index contributed by atoms with van der Waals surface area (Å²) in [7, 11) is 0. The van der Waals surface area contributed by atoms with Crippen LogP contribution in [0.4, 0.5) is 5.69 Å². The Kier molecular flexibility index (Phi) is 7.32. The van der Waals surface area contributed by atoms with Gasteiger partial charge in [-0.1, -0.05) is 39.0 Å². The summed E-state index contributed by atoms with van der Waals surface area (Å²) >= 11 is 0. The first kappa shape index (κ1) is 19.3. The molecule has 3 N–H and O–H groups in total. The SMILES string of the molecule is CC(C)(C)[C@H](N)C(=O)NCCc1ccccc1[N+](=O)[O-].Cl. The van der Waals surface area contributed by atoms with Crippen LogP contribution in [0.25, 0.3) is 0 Å². The van der Waals surface area contributed by atoms with E-state index in [1.165, 1.54) is 6.07 Å². The van der Waals surface area contributed by atoms with Gasteiger partial charge in [0, 0.05) is 18.2 Å².